The van der Waals surface area contributed by atoms with Gasteiger partial charge in [-0.25, -0.2) is 4.79 Å². The number of anilines is 1. The van der Waals surface area contributed by atoms with Crippen molar-refractivity contribution < 1.29 is 19.6 Å². The molecule has 0 aliphatic carbocycles. The molecule has 10 heteroatoms. The lowest BCUT2D eigenvalue weighted by molar-refractivity contribution is 0.0378. The van der Waals surface area contributed by atoms with Crippen molar-refractivity contribution in [3.8, 4) is 6.07 Å². The highest BCUT2D eigenvalue weighted by Gasteiger charge is 2.19. The van der Waals surface area contributed by atoms with Crippen molar-refractivity contribution >= 4 is 35.8 Å². The standard InChI is InChI=1S/C13H16BN5O4/c1-7(2)23-13(20)8-3-4-9(14(21)22)10(5-8)18-19-11(6-15)12(16)17/h3-5,7,18,21-22H,1-2H3,(H3,16,17)/b19-11+. The molecule has 23 heavy (non-hydrogen) atoms. The first-order chi connectivity index (χ1) is 10.8. The van der Waals surface area contributed by atoms with Gasteiger partial charge in [0.1, 0.15) is 6.07 Å². The summed E-state index contributed by atoms with van der Waals surface area (Å²) in [6, 6.07) is 5.57. The number of carbonyl (C=O) groups excluding carboxylic acids is 1. The molecule has 1 rings (SSSR count). The molecule has 0 atom stereocenters. The van der Waals surface area contributed by atoms with Crippen LogP contribution >= 0.6 is 0 Å². The van der Waals surface area contributed by atoms with E-state index in [0.29, 0.717) is 0 Å². The van der Waals surface area contributed by atoms with Crippen molar-refractivity contribution in [3.05, 3.63) is 23.8 Å². The van der Waals surface area contributed by atoms with Gasteiger partial charge in [-0.1, -0.05) is 6.07 Å². The zero-order valence-electron chi connectivity index (χ0n) is 12.6. The van der Waals surface area contributed by atoms with Gasteiger partial charge in [-0.3, -0.25) is 10.8 Å². The maximum atomic E-state index is 11.9. The second kappa shape index (κ2) is 7.93. The monoisotopic (exact) mass is 317 g/mol. The highest BCUT2D eigenvalue weighted by molar-refractivity contribution is 6.60. The minimum atomic E-state index is -1.83. The zero-order chi connectivity index (χ0) is 17.6. The Hall–Kier alpha value is -2.90. The first-order valence-corrected chi connectivity index (χ1v) is 6.55. The molecule has 120 valence electrons. The van der Waals surface area contributed by atoms with Gasteiger partial charge in [-0.2, -0.15) is 10.4 Å². The van der Waals surface area contributed by atoms with Gasteiger partial charge in [-0.15, -0.1) is 0 Å². The van der Waals surface area contributed by atoms with Crippen molar-refractivity contribution in [1.29, 1.82) is 10.7 Å². The van der Waals surface area contributed by atoms with Crippen LogP contribution in [0.3, 0.4) is 0 Å². The number of esters is 1. The molecule has 0 unspecified atom stereocenters. The molecule has 0 radical (unpaired) electrons. The molecule has 0 heterocycles. The number of nitrogens with zero attached hydrogens (tertiary/aromatic N) is 2. The Balaban J connectivity index is 3.19. The van der Waals surface area contributed by atoms with Crippen LogP contribution in [0.25, 0.3) is 0 Å². The quantitative estimate of drug-likeness (QED) is 0.150. The first kappa shape index (κ1) is 18.2. The third-order valence-corrected chi connectivity index (χ3v) is 2.56. The summed E-state index contributed by atoms with van der Waals surface area (Å²) in [4.78, 5) is 11.9. The average Bonchev–Trinajstić information content (AvgIpc) is 2.46. The number of carbonyl (C=O) groups is 1. The topological polar surface area (TPSA) is 165 Å². The van der Waals surface area contributed by atoms with Crippen LogP contribution in [0.2, 0.25) is 0 Å². The van der Waals surface area contributed by atoms with Gasteiger partial charge in [0.25, 0.3) is 0 Å². The Kier molecular flexibility index (Phi) is 6.26. The van der Waals surface area contributed by atoms with E-state index in [0.717, 1.165) is 0 Å². The van der Waals surface area contributed by atoms with Crippen LogP contribution in [-0.4, -0.2) is 40.8 Å². The molecule has 0 amide bonds. The SMILES string of the molecule is CC(C)OC(=O)c1ccc(B(O)O)c(N/N=C(\C#N)C(=N)N)c1. The number of benzene rings is 1. The van der Waals surface area contributed by atoms with E-state index in [4.69, 9.17) is 21.1 Å². The fourth-order valence-corrected chi connectivity index (χ4v) is 1.55. The number of nitrogens with two attached hydrogens (primary N) is 1. The van der Waals surface area contributed by atoms with Crippen LogP contribution in [0.5, 0.6) is 0 Å². The summed E-state index contributed by atoms with van der Waals surface area (Å²) in [6.07, 6.45) is -0.317. The minimum Gasteiger partial charge on any atom is -0.459 e. The third-order valence-electron chi connectivity index (χ3n) is 2.56. The Morgan fingerprint density at radius 2 is 2.17 bits per heavy atom. The fraction of sp³-hybridized carbons (Fsp3) is 0.231. The largest absolute Gasteiger partial charge is 0.490 e. The Bertz CT molecular complexity index is 681. The van der Waals surface area contributed by atoms with Crippen LogP contribution in [0, 0.1) is 16.7 Å². The summed E-state index contributed by atoms with van der Waals surface area (Å²) < 4.78 is 5.04. The van der Waals surface area contributed by atoms with Gasteiger partial charge < -0.3 is 20.5 Å². The lowest BCUT2D eigenvalue weighted by Gasteiger charge is -2.12. The van der Waals surface area contributed by atoms with Gasteiger partial charge in [0.05, 0.1) is 17.4 Å². The summed E-state index contributed by atoms with van der Waals surface area (Å²) >= 11 is 0. The molecule has 1 aromatic carbocycles. The lowest BCUT2D eigenvalue weighted by atomic mass is 9.78. The predicted octanol–water partition coefficient (Wildman–Crippen LogP) is -0.841. The zero-order valence-corrected chi connectivity index (χ0v) is 12.6. The number of nitrogens with one attached hydrogen (secondary N) is 2. The van der Waals surface area contributed by atoms with E-state index >= 15 is 0 Å². The summed E-state index contributed by atoms with van der Waals surface area (Å²) in [5.74, 6) is -1.15. The highest BCUT2D eigenvalue weighted by Crippen LogP contribution is 2.12. The molecule has 6 N–H and O–H groups in total. The summed E-state index contributed by atoms with van der Waals surface area (Å²) in [7, 11) is -1.83. The molecule has 0 saturated heterocycles. The summed E-state index contributed by atoms with van der Waals surface area (Å²) in [6.45, 7) is 3.39. The van der Waals surface area contributed by atoms with E-state index in [1.807, 2.05) is 0 Å². The first-order valence-electron chi connectivity index (χ1n) is 6.55. The van der Waals surface area contributed by atoms with Crippen LogP contribution in [0.1, 0.15) is 24.2 Å². The van der Waals surface area contributed by atoms with Gasteiger partial charge in [0.15, 0.2) is 5.84 Å². The average molecular weight is 317 g/mol. The van der Waals surface area contributed by atoms with E-state index in [2.05, 4.69) is 10.5 Å². The second-order valence-electron chi connectivity index (χ2n) is 4.73. The fourth-order valence-electron chi connectivity index (χ4n) is 1.55. The predicted molar refractivity (Wildman–Crippen MR) is 85.4 cm³/mol. The van der Waals surface area contributed by atoms with Gasteiger partial charge in [0, 0.05) is 5.46 Å². The normalized spacial score (nSPS) is 10.9. The second-order valence-corrected chi connectivity index (χ2v) is 4.73. The van der Waals surface area contributed by atoms with E-state index < -0.39 is 24.6 Å². The number of ether oxygens (including phenoxy) is 1. The molecular formula is C13H16BN5O4. The Labute approximate surface area is 133 Å². The van der Waals surface area contributed by atoms with E-state index in [1.54, 1.807) is 19.9 Å². The number of hydrazone groups is 1. The number of hydrogen-bond donors (Lipinski definition) is 5. The number of rotatable bonds is 6. The molecular weight excluding hydrogens is 301 g/mol. The lowest BCUT2D eigenvalue weighted by Crippen LogP contribution is -2.32. The van der Waals surface area contributed by atoms with Crippen molar-refractivity contribution in [2.45, 2.75) is 20.0 Å². The molecule has 1 aromatic rings. The van der Waals surface area contributed by atoms with Crippen LogP contribution in [0.15, 0.2) is 23.3 Å². The van der Waals surface area contributed by atoms with Crippen LogP contribution in [-0.2, 0) is 4.74 Å². The molecule has 0 saturated carbocycles. The molecule has 0 spiro atoms. The number of nitriles is 1. The van der Waals surface area contributed by atoms with Crippen LogP contribution < -0.4 is 16.6 Å². The minimum absolute atomic E-state index is 0.0238. The van der Waals surface area contributed by atoms with E-state index in [-0.39, 0.29) is 22.8 Å². The van der Waals surface area contributed by atoms with Gasteiger partial charge in [-0.05, 0) is 26.0 Å². The molecule has 0 aliphatic rings. The smallest absolute Gasteiger partial charge is 0.459 e. The van der Waals surface area contributed by atoms with Gasteiger partial charge >= 0.3 is 13.1 Å². The van der Waals surface area contributed by atoms with E-state index in [9.17, 15) is 14.8 Å². The highest BCUT2D eigenvalue weighted by atomic mass is 16.5. The molecule has 9 nitrogen and oxygen atoms in total. The van der Waals surface area contributed by atoms with Crippen molar-refractivity contribution in [1.82, 2.24) is 0 Å². The molecule has 0 aromatic heterocycles. The molecule has 0 bridgehead atoms. The van der Waals surface area contributed by atoms with Gasteiger partial charge in [0.2, 0.25) is 5.71 Å². The number of hydrogen-bond acceptors (Lipinski definition) is 8. The molecule has 0 aliphatic heterocycles. The maximum Gasteiger partial charge on any atom is 0.490 e. The van der Waals surface area contributed by atoms with Crippen LogP contribution in [0.4, 0.5) is 5.69 Å². The molecule has 0 fully saturated rings. The maximum absolute atomic E-state index is 11.9. The third kappa shape index (κ3) is 5.10. The number of amidine groups is 1. The summed E-state index contributed by atoms with van der Waals surface area (Å²) in [5.41, 5.74) is 7.40. The van der Waals surface area contributed by atoms with Crippen molar-refractivity contribution in [2.24, 2.45) is 10.8 Å². The van der Waals surface area contributed by atoms with Crippen molar-refractivity contribution in [2.75, 3.05) is 5.43 Å². The Morgan fingerprint density at radius 1 is 1.52 bits per heavy atom. The summed E-state index contributed by atoms with van der Waals surface area (Å²) in [5, 5.41) is 38.2. The van der Waals surface area contributed by atoms with E-state index in [1.165, 1.54) is 18.2 Å². The Morgan fingerprint density at radius 3 is 2.65 bits per heavy atom. The van der Waals surface area contributed by atoms with Crippen molar-refractivity contribution in [3.63, 3.8) is 0 Å².